The summed E-state index contributed by atoms with van der Waals surface area (Å²) in [6.45, 7) is 6.91. The molecule has 0 aliphatic carbocycles. The number of halogens is 1. The standard InChI is InChI=1S/C22H26N2O2.ClH/c1-14-8-9-18(20(10-14)26-3)22(25)24-13-16-11-23-12-19(16)21(24)17-7-5-4-6-15(17)2;/h4-10,16,19,21,23H,11-13H2,1-3H3;1H/t16-,19-,21+;/m0./s1. The Kier molecular flexibility index (Phi) is 5.78. The van der Waals surface area contributed by atoms with Gasteiger partial charge < -0.3 is 15.0 Å². The van der Waals surface area contributed by atoms with Gasteiger partial charge in [-0.25, -0.2) is 0 Å². The van der Waals surface area contributed by atoms with E-state index in [-0.39, 0.29) is 24.4 Å². The molecule has 2 aromatic rings. The molecule has 2 aromatic carbocycles. The van der Waals surface area contributed by atoms with Crippen molar-refractivity contribution in [1.82, 2.24) is 10.2 Å². The number of hydrogen-bond acceptors (Lipinski definition) is 3. The Labute approximate surface area is 167 Å². The average molecular weight is 387 g/mol. The van der Waals surface area contributed by atoms with Gasteiger partial charge in [0.15, 0.2) is 0 Å². The molecule has 4 rings (SSSR count). The molecule has 0 spiro atoms. The number of hydrogen-bond donors (Lipinski definition) is 1. The largest absolute Gasteiger partial charge is 0.496 e. The molecule has 0 radical (unpaired) electrons. The zero-order chi connectivity index (χ0) is 18.3. The molecule has 3 atom stereocenters. The Hall–Kier alpha value is -2.04. The number of ether oxygens (including phenoxy) is 1. The Morgan fingerprint density at radius 3 is 2.67 bits per heavy atom. The minimum Gasteiger partial charge on any atom is -0.496 e. The van der Waals surface area contributed by atoms with E-state index in [0.717, 1.165) is 25.2 Å². The molecule has 2 heterocycles. The first-order chi connectivity index (χ1) is 12.6. The monoisotopic (exact) mass is 386 g/mol. The molecule has 2 fully saturated rings. The van der Waals surface area contributed by atoms with Crippen LogP contribution in [0.3, 0.4) is 0 Å². The van der Waals surface area contributed by atoms with E-state index in [2.05, 4.69) is 41.4 Å². The number of carbonyl (C=O) groups excluding carboxylic acids is 1. The third-order valence-electron chi connectivity index (χ3n) is 5.92. The van der Waals surface area contributed by atoms with E-state index in [9.17, 15) is 4.79 Å². The average Bonchev–Trinajstić information content (AvgIpc) is 3.23. The lowest BCUT2D eigenvalue weighted by Gasteiger charge is -2.30. The molecule has 4 nitrogen and oxygen atoms in total. The van der Waals surface area contributed by atoms with Gasteiger partial charge in [0.05, 0.1) is 18.7 Å². The van der Waals surface area contributed by atoms with Crippen LogP contribution in [0.1, 0.15) is 33.1 Å². The SMILES string of the molecule is COc1cc(C)ccc1C(=O)N1C[C@@H]2CNC[C@@H]2[C@H]1c1ccccc1C.Cl. The van der Waals surface area contributed by atoms with Crippen LogP contribution in [0, 0.1) is 25.7 Å². The summed E-state index contributed by atoms with van der Waals surface area (Å²) in [6, 6.07) is 14.4. The molecule has 1 N–H and O–H groups in total. The molecule has 144 valence electrons. The van der Waals surface area contributed by atoms with Gasteiger partial charge in [0, 0.05) is 25.6 Å². The zero-order valence-electron chi connectivity index (χ0n) is 16.1. The molecular weight excluding hydrogens is 360 g/mol. The van der Waals surface area contributed by atoms with E-state index in [1.807, 2.05) is 25.1 Å². The van der Waals surface area contributed by atoms with Crippen LogP contribution >= 0.6 is 12.4 Å². The van der Waals surface area contributed by atoms with E-state index in [4.69, 9.17) is 4.74 Å². The third-order valence-corrected chi connectivity index (χ3v) is 5.92. The van der Waals surface area contributed by atoms with Crippen molar-refractivity contribution in [2.24, 2.45) is 11.8 Å². The predicted molar refractivity (Wildman–Crippen MR) is 110 cm³/mol. The molecule has 2 aliphatic rings. The second-order valence-corrected chi connectivity index (χ2v) is 7.54. The number of nitrogens with one attached hydrogen (secondary N) is 1. The summed E-state index contributed by atoms with van der Waals surface area (Å²) in [6.07, 6.45) is 0. The first-order valence-electron chi connectivity index (χ1n) is 9.32. The second-order valence-electron chi connectivity index (χ2n) is 7.54. The first-order valence-corrected chi connectivity index (χ1v) is 9.32. The lowest BCUT2D eigenvalue weighted by Crippen LogP contribution is -2.35. The van der Waals surface area contributed by atoms with Crippen LogP contribution < -0.4 is 10.1 Å². The number of fused-ring (bicyclic) bond motifs is 1. The van der Waals surface area contributed by atoms with Gasteiger partial charge in [-0.05, 0) is 48.6 Å². The minimum atomic E-state index is 0. The smallest absolute Gasteiger partial charge is 0.258 e. The number of nitrogens with zero attached hydrogens (tertiary/aromatic N) is 1. The predicted octanol–water partition coefficient (Wildman–Crippen LogP) is 3.77. The summed E-state index contributed by atoms with van der Waals surface area (Å²) in [5.74, 6) is 1.72. The summed E-state index contributed by atoms with van der Waals surface area (Å²) in [7, 11) is 1.63. The highest BCUT2D eigenvalue weighted by Crippen LogP contribution is 2.44. The number of amides is 1. The van der Waals surface area contributed by atoms with Crippen molar-refractivity contribution < 1.29 is 9.53 Å². The summed E-state index contributed by atoms with van der Waals surface area (Å²) < 4.78 is 5.51. The van der Waals surface area contributed by atoms with E-state index < -0.39 is 0 Å². The fourth-order valence-electron chi connectivity index (χ4n) is 4.58. The first kappa shape index (κ1) is 19.7. The second kappa shape index (κ2) is 7.91. The van der Waals surface area contributed by atoms with E-state index >= 15 is 0 Å². The number of benzene rings is 2. The van der Waals surface area contributed by atoms with Crippen LogP contribution in [-0.2, 0) is 0 Å². The maximum Gasteiger partial charge on any atom is 0.258 e. The molecule has 0 aromatic heterocycles. The summed E-state index contributed by atoms with van der Waals surface area (Å²) in [4.78, 5) is 15.6. The van der Waals surface area contributed by atoms with Crippen LogP contribution in [0.15, 0.2) is 42.5 Å². The topological polar surface area (TPSA) is 41.6 Å². The molecule has 0 saturated carbocycles. The third kappa shape index (κ3) is 3.44. The van der Waals surface area contributed by atoms with Gasteiger partial charge in [-0.3, -0.25) is 4.79 Å². The fourth-order valence-corrected chi connectivity index (χ4v) is 4.58. The van der Waals surface area contributed by atoms with Crippen LogP contribution in [-0.4, -0.2) is 37.6 Å². The highest BCUT2D eigenvalue weighted by atomic mass is 35.5. The van der Waals surface area contributed by atoms with Gasteiger partial charge in [-0.15, -0.1) is 12.4 Å². The van der Waals surface area contributed by atoms with Gasteiger partial charge in [-0.2, -0.15) is 0 Å². The van der Waals surface area contributed by atoms with E-state index in [0.29, 0.717) is 23.1 Å². The van der Waals surface area contributed by atoms with Gasteiger partial charge in [0.25, 0.3) is 5.91 Å². The van der Waals surface area contributed by atoms with Crippen LogP contribution in [0.2, 0.25) is 0 Å². The van der Waals surface area contributed by atoms with Crippen LogP contribution in [0.25, 0.3) is 0 Å². The summed E-state index contributed by atoms with van der Waals surface area (Å²) in [5, 5.41) is 3.51. The highest BCUT2D eigenvalue weighted by Gasteiger charge is 2.47. The van der Waals surface area contributed by atoms with Crippen molar-refractivity contribution >= 4 is 18.3 Å². The number of carbonyl (C=O) groups is 1. The molecule has 27 heavy (non-hydrogen) atoms. The Bertz CT molecular complexity index is 839. The van der Waals surface area contributed by atoms with Crippen molar-refractivity contribution in [1.29, 1.82) is 0 Å². The van der Waals surface area contributed by atoms with Gasteiger partial charge in [-0.1, -0.05) is 30.3 Å². The lowest BCUT2D eigenvalue weighted by atomic mass is 9.87. The summed E-state index contributed by atoms with van der Waals surface area (Å²) >= 11 is 0. The van der Waals surface area contributed by atoms with Crippen molar-refractivity contribution in [3.63, 3.8) is 0 Å². The highest BCUT2D eigenvalue weighted by molar-refractivity contribution is 5.97. The fraction of sp³-hybridized carbons (Fsp3) is 0.409. The summed E-state index contributed by atoms with van der Waals surface area (Å²) in [5.41, 5.74) is 4.27. The van der Waals surface area contributed by atoms with Gasteiger partial charge in [0.2, 0.25) is 0 Å². The quantitative estimate of drug-likeness (QED) is 0.873. The Morgan fingerprint density at radius 2 is 1.93 bits per heavy atom. The molecule has 2 saturated heterocycles. The molecule has 2 aliphatic heterocycles. The van der Waals surface area contributed by atoms with Gasteiger partial charge in [0.1, 0.15) is 5.75 Å². The molecular formula is C22H27ClN2O2. The number of aryl methyl sites for hydroxylation is 2. The van der Waals surface area contributed by atoms with Crippen molar-refractivity contribution in [3.05, 3.63) is 64.7 Å². The molecule has 0 bridgehead atoms. The van der Waals surface area contributed by atoms with Crippen molar-refractivity contribution in [2.45, 2.75) is 19.9 Å². The Morgan fingerprint density at radius 1 is 1.15 bits per heavy atom. The lowest BCUT2D eigenvalue weighted by molar-refractivity contribution is 0.0710. The number of methoxy groups -OCH3 is 1. The molecule has 0 unspecified atom stereocenters. The Balaban J connectivity index is 0.00000210. The van der Waals surface area contributed by atoms with Crippen molar-refractivity contribution in [3.8, 4) is 5.75 Å². The van der Waals surface area contributed by atoms with Crippen LogP contribution in [0.5, 0.6) is 5.75 Å². The number of likely N-dealkylation sites (tertiary alicyclic amines) is 1. The maximum atomic E-state index is 13.5. The van der Waals surface area contributed by atoms with E-state index in [1.165, 1.54) is 11.1 Å². The van der Waals surface area contributed by atoms with E-state index in [1.54, 1.807) is 7.11 Å². The molecule has 1 amide bonds. The van der Waals surface area contributed by atoms with Crippen molar-refractivity contribution in [2.75, 3.05) is 26.7 Å². The van der Waals surface area contributed by atoms with Gasteiger partial charge >= 0.3 is 0 Å². The number of rotatable bonds is 3. The zero-order valence-corrected chi connectivity index (χ0v) is 16.9. The molecule has 5 heteroatoms. The minimum absolute atomic E-state index is 0. The van der Waals surface area contributed by atoms with Crippen LogP contribution in [0.4, 0.5) is 0 Å². The maximum absolute atomic E-state index is 13.5. The normalized spacial score (nSPS) is 23.7.